The smallest absolute Gasteiger partial charge is 0.162 e. The number of ketones is 2. The monoisotopic (exact) mass is 538 g/mol. The van der Waals surface area contributed by atoms with Gasteiger partial charge in [0.2, 0.25) is 0 Å². The van der Waals surface area contributed by atoms with Gasteiger partial charge in [0.1, 0.15) is 0 Å². The van der Waals surface area contributed by atoms with Crippen LogP contribution < -0.4 is 5.73 Å². The average Bonchev–Trinajstić information content (AvgIpc) is 2.93. The van der Waals surface area contributed by atoms with Crippen molar-refractivity contribution in [2.75, 3.05) is 6.61 Å². The molecule has 0 spiro atoms. The molecule has 0 bridgehead atoms. The van der Waals surface area contributed by atoms with E-state index < -0.39 is 12.1 Å². The van der Waals surface area contributed by atoms with Crippen LogP contribution in [0.1, 0.15) is 194 Å². The number of aliphatic hydroxyl groups excluding tert-OH is 1. The van der Waals surface area contributed by atoms with Crippen molar-refractivity contribution in [3.05, 3.63) is 0 Å². The first-order valence-electron chi connectivity index (χ1n) is 17.0. The molecule has 0 saturated heterocycles. The summed E-state index contributed by atoms with van der Waals surface area (Å²) in [4.78, 5) is 25.3. The Balaban J connectivity index is 3.73. The Labute approximate surface area is 237 Å². The zero-order valence-corrected chi connectivity index (χ0v) is 25.8. The number of unbranched alkanes of at least 4 members (excludes halogenated alkanes) is 24. The number of carbonyl (C=O) groups excluding carboxylic acids is 2. The van der Waals surface area contributed by atoms with Gasteiger partial charge in [-0.25, -0.2) is 0 Å². The maximum Gasteiger partial charge on any atom is 0.162 e. The summed E-state index contributed by atoms with van der Waals surface area (Å²) in [6.07, 6.45) is 33.1. The molecule has 0 saturated carbocycles. The number of Topliss-reactive ketones (excluding diaryl/α,β-unsaturated/α-hetero) is 2. The van der Waals surface area contributed by atoms with Crippen molar-refractivity contribution in [2.45, 2.75) is 199 Å². The molecule has 4 nitrogen and oxygen atoms in total. The van der Waals surface area contributed by atoms with Crippen LogP contribution in [0.15, 0.2) is 0 Å². The number of carbonyl (C=O) groups is 2. The van der Waals surface area contributed by atoms with Crippen LogP contribution >= 0.6 is 0 Å². The molecule has 38 heavy (non-hydrogen) atoms. The van der Waals surface area contributed by atoms with Gasteiger partial charge in [0.15, 0.2) is 17.1 Å². The summed E-state index contributed by atoms with van der Waals surface area (Å²) in [6, 6.07) is 0. The summed E-state index contributed by atoms with van der Waals surface area (Å²) in [7, 11) is 0. The third-order valence-corrected chi connectivity index (χ3v) is 8.26. The highest BCUT2D eigenvalue weighted by Crippen LogP contribution is 2.18. The van der Waals surface area contributed by atoms with Crippen molar-refractivity contribution < 1.29 is 14.7 Å². The molecule has 0 aliphatic rings. The molecule has 4 heteroatoms. The van der Waals surface area contributed by atoms with Crippen molar-refractivity contribution in [1.82, 2.24) is 0 Å². The van der Waals surface area contributed by atoms with E-state index in [1.807, 2.05) is 0 Å². The van der Waals surface area contributed by atoms with E-state index in [1.165, 1.54) is 128 Å². The summed E-state index contributed by atoms with van der Waals surface area (Å²) in [5.74, 6) is -0.550. The number of rotatable bonds is 31. The van der Waals surface area contributed by atoms with E-state index in [9.17, 15) is 14.7 Å². The summed E-state index contributed by atoms with van der Waals surface area (Å²) < 4.78 is 0. The maximum atomic E-state index is 12.7. The van der Waals surface area contributed by atoms with Gasteiger partial charge in [-0.15, -0.1) is 0 Å². The van der Waals surface area contributed by atoms with Crippen molar-refractivity contribution in [3.63, 3.8) is 0 Å². The van der Waals surface area contributed by atoms with E-state index in [0.717, 1.165) is 38.5 Å². The van der Waals surface area contributed by atoms with E-state index >= 15 is 0 Å². The molecule has 0 unspecified atom stereocenters. The van der Waals surface area contributed by atoms with Gasteiger partial charge in [0.05, 0.1) is 6.61 Å². The Kier molecular flexibility index (Phi) is 27.3. The van der Waals surface area contributed by atoms with Crippen molar-refractivity contribution in [1.29, 1.82) is 0 Å². The van der Waals surface area contributed by atoms with Gasteiger partial charge in [0, 0.05) is 12.8 Å². The number of nitrogens with two attached hydrogens (primary N) is 1. The second-order valence-electron chi connectivity index (χ2n) is 12.0. The van der Waals surface area contributed by atoms with Crippen LogP contribution in [-0.2, 0) is 9.59 Å². The summed E-state index contributed by atoms with van der Waals surface area (Å²) in [5.41, 5.74) is 4.44. The molecule has 0 aliphatic heterocycles. The molecule has 0 aromatic carbocycles. The van der Waals surface area contributed by atoms with Gasteiger partial charge >= 0.3 is 0 Å². The lowest BCUT2D eigenvalue weighted by molar-refractivity contribution is -0.136. The number of hydrogen-bond acceptors (Lipinski definition) is 4. The fourth-order valence-electron chi connectivity index (χ4n) is 5.38. The number of hydrogen-bond donors (Lipinski definition) is 2. The maximum absolute atomic E-state index is 12.7. The van der Waals surface area contributed by atoms with Crippen molar-refractivity contribution in [3.8, 4) is 0 Å². The molecule has 0 aromatic rings. The molecular formula is C34H67NO3. The normalized spacial score (nSPS) is 11.8. The first kappa shape index (κ1) is 37.3. The van der Waals surface area contributed by atoms with E-state index in [4.69, 9.17) is 5.73 Å². The minimum absolute atomic E-state index is 0.275. The molecule has 226 valence electrons. The molecule has 0 aromatic heterocycles. The Bertz CT molecular complexity index is 492. The fraction of sp³-hybridized carbons (Fsp3) is 0.941. The third kappa shape index (κ3) is 21.1. The van der Waals surface area contributed by atoms with Crippen LogP contribution in [0.4, 0.5) is 0 Å². The average molecular weight is 538 g/mol. The Morgan fingerprint density at radius 2 is 0.658 bits per heavy atom. The summed E-state index contributed by atoms with van der Waals surface area (Å²) in [6.45, 7) is 3.95. The van der Waals surface area contributed by atoms with Crippen LogP contribution in [0.5, 0.6) is 0 Å². The Morgan fingerprint density at radius 1 is 0.447 bits per heavy atom. The number of aliphatic hydroxyl groups is 1. The lowest BCUT2D eigenvalue weighted by Crippen LogP contribution is -2.57. The van der Waals surface area contributed by atoms with E-state index in [0.29, 0.717) is 12.8 Å². The van der Waals surface area contributed by atoms with Gasteiger partial charge in [-0.1, -0.05) is 168 Å². The Hall–Kier alpha value is -0.740. The minimum atomic E-state index is -1.69. The van der Waals surface area contributed by atoms with Gasteiger partial charge < -0.3 is 10.8 Å². The minimum Gasteiger partial charge on any atom is -0.393 e. The topological polar surface area (TPSA) is 80.4 Å². The highest BCUT2D eigenvalue weighted by Gasteiger charge is 2.39. The van der Waals surface area contributed by atoms with Crippen LogP contribution in [0, 0.1) is 0 Å². The van der Waals surface area contributed by atoms with Gasteiger partial charge in [-0.05, 0) is 12.8 Å². The molecule has 0 amide bonds. The SMILES string of the molecule is CCCCCCCCCCCCCCCC(=O)C(N)(CO)C(=O)CCCCCCCCCCCCCCC. The standard InChI is InChI=1S/C34H67NO3/c1-3-5-7-9-11-13-15-17-19-21-23-25-27-29-32(37)34(35,31-36)33(38)30-28-26-24-22-20-18-16-14-12-10-8-6-4-2/h36H,3-31,35H2,1-2H3. The molecular weight excluding hydrogens is 470 g/mol. The molecule has 0 aliphatic carbocycles. The largest absolute Gasteiger partial charge is 0.393 e. The molecule has 0 heterocycles. The molecule has 0 radical (unpaired) electrons. The third-order valence-electron chi connectivity index (χ3n) is 8.26. The molecule has 0 rings (SSSR count). The van der Waals surface area contributed by atoms with Crippen molar-refractivity contribution >= 4 is 11.6 Å². The second-order valence-corrected chi connectivity index (χ2v) is 12.0. The first-order valence-corrected chi connectivity index (χ1v) is 17.0. The van der Waals surface area contributed by atoms with E-state index in [1.54, 1.807) is 0 Å². The summed E-state index contributed by atoms with van der Waals surface area (Å²) in [5, 5.41) is 9.77. The molecule has 0 atom stereocenters. The lowest BCUT2D eigenvalue weighted by Gasteiger charge is -2.24. The lowest BCUT2D eigenvalue weighted by atomic mass is 9.85. The van der Waals surface area contributed by atoms with Crippen LogP contribution in [0.2, 0.25) is 0 Å². The zero-order valence-electron chi connectivity index (χ0n) is 25.8. The van der Waals surface area contributed by atoms with Gasteiger partial charge in [-0.2, -0.15) is 0 Å². The summed E-state index contributed by atoms with van der Waals surface area (Å²) >= 11 is 0. The predicted molar refractivity (Wildman–Crippen MR) is 165 cm³/mol. The molecule has 3 N–H and O–H groups in total. The highest BCUT2D eigenvalue weighted by atomic mass is 16.3. The van der Waals surface area contributed by atoms with E-state index in [-0.39, 0.29) is 11.6 Å². The van der Waals surface area contributed by atoms with Crippen LogP contribution in [-0.4, -0.2) is 28.8 Å². The van der Waals surface area contributed by atoms with Crippen LogP contribution in [0.25, 0.3) is 0 Å². The van der Waals surface area contributed by atoms with Crippen molar-refractivity contribution in [2.24, 2.45) is 5.73 Å². The fourth-order valence-corrected chi connectivity index (χ4v) is 5.38. The predicted octanol–water partition coefficient (Wildman–Crippen LogP) is 9.78. The van der Waals surface area contributed by atoms with Crippen LogP contribution in [0.3, 0.4) is 0 Å². The quantitative estimate of drug-likeness (QED) is 0.0681. The Morgan fingerprint density at radius 3 is 0.868 bits per heavy atom. The highest BCUT2D eigenvalue weighted by molar-refractivity contribution is 6.11. The second kappa shape index (κ2) is 27.8. The van der Waals surface area contributed by atoms with Gasteiger partial charge in [-0.3, -0.25) is 9.59 Å². The van der Waals surface area contributed by atoms with Gasteiger partial charge in [0.25, 0.3) is 0 Å². The zero-order chi connectivity index (χ0) is 28.2. The first-order chi connectivity index (χ1) is 18.5. The van der Waals surface area contributed by atoms with E-state index in [2.05, 4.69) is 13.8 Å². The molecule has 0 fully saturated rings.